The number of amides is 1. The van der Waals surface area contributed by atoms with Gasteiger partial charge in [0.15, 0.2) is 0 Å². The van der Waals surface area contributed by atoms with Gasteiger partial charge in [0.25, 0.3) is 5.91 Å². The van der Waals surface area contributed by atoms with Gasteiger partial charge in [-0.25, -0.2) is 0 Å². The number of carbonyl (C=O) groups excluding carboxylic acids is 1. The molecule has 1 amide bonds. The van der Waals surface area contributed by atoms with Crippen molar-refractivity contribution in [2.75, 3.05) is 11.4 Å². The molecule has 0 aliphatic carbocycles. The standard InChI is InChI=1S/C18H23N3O/c1-5-21(14-9-7-6-8-10-14)15-11-12-19-16(13-15)17(22)20-18(2,3)4/h6-13H,5H2,1-4H3,(H,20,22). The fraction of sp³-hybridized carbons (Fsp3) is 0.333. The van der Waals surface area contributed by atoms with E-state index in [-0.39, 0.29) is 11.4 Å². The van der Waals surface area contributed by atoms with E-state index in [1.165, 1.54) is 0 Å². The Kier molecular flexibility index (Phi) is 4.81. The summed E-state index contributed by atoms with van der Waals surface area (Å²) in [5.74, 6) is -0.154. The van der Waals surface area contributed by atoms with E-state index >= 15 is 0 Å². The molecule has 0 fully saturated rings. The molecule has 0 aliphatic heterocycles. The van der Waals surface area contributed by atoms with Crippen molar-refractivity contribution >= 4 is 17.3 Å². The summed E-state index contributed by atoms with van der Waals surface area (Å²) in [6.45, 7) is 8.77. The van der Waals surface area contributed by atoms with E-state index in [2.05, 4.69) is 34.3 Å². The second kappa shape index (κ2) is 6.60. The van der Waals surface area contributed by atoms with Crippen LogP contribution in [0.4, 0.5) is 11.4 Å². The summed E-state index contributed by atoms with van der Waals surface area (Å²) in [5, 5.41) is 2.94. The van der Waals surface area contributed by atoms with Crippen LogP contribution in [0.1, 0.15) is 38.2 Å². The van der Waals surface area contributed by atoms with Crippen molar-refractivity contribution in [3.63, 3.8) is 0 Å². The van der Waals surface area contributed by atoms with E-state index in [1.807, 2.05) is 51.1 Å². The van der Waals surface area contributed by atoms with Gasteiger partial charge < -0.3 is 10.2 Å². The number of rotatable bonds is 4. The molecule has 0 radical (unpaired) electrons. The molecule has 1 aromatic heterocycles. The van der Waals surface area contributed by atoms with Gasteiger partial charge in [-0.1, -0.05) is 18.2 Å². The topological polar surface area (TPSA) is 45.2 Å². The summed E-state index contributed by atoms with van der Waals surface area (Å²) < 4.78 is 0. The van der Waals surface area contributed by atoms with E-state index in [0.717, 1.165) is 17.9 Å². The summed E-state index contributed by atoms with van der Waals surface area (Å²) in [7, 11) is 0. The zero-order valence-corrected chi connectivity index (χ0v) is 13.6. The summed E-state index contributed by atoms with van der Waals surface area (Å²) in [6, 6.07) is 13.9. The van der Waals surface area contributed by atoms with Crippen molar-refractivity contribution in [1.82, 2.24) is 10.3 Å². The number of hydrogen-bond donors (Lipinski definition) is 1. The van der Waals surface area contributed by atoms with E-state index in [4.69, 9.17) is 0 Å². The molecule has 1 heterocycles. The van der Waals surface area contributed by atoms with Crippen molar-refractivity contribution in [1.29, 1.82) is 0 Å². The fourth-order valence-electron chi connectivity index (χ4n) is 2.24. The van der Waals surface area contributed by atoms with Crippen LogP contribution in [-0.4, -0.2) is 23.0 Å². The number of pyridine rings is 1. The zero-order valence-electron chi connectivity index (χ0n) is 13.6. The maximum absolute atomic E-state index is 12.3. The smallest absolute Gasteiger partial charge is 0.270 e. The maximum Gasteiger partial charge on any atom is 0.270 e. The van der Waals surface area contributed by atoms with Crippen LogP contribution >= 0.6 is 0 Å². The Morgan fingerprint density at radius 2 is 1.82 bits per heavy atom. The molecule has 0 saturated heterocycles. The molecule has 0 aliphatic rings. The molecule has 0 unspecified atom stereocenters. The Labute approximate surface area is 132 Å². The van der Waals surface area contributed by atoms with Crippen molar-refractivity contribution < 1.29 is 4.79 Å². The Bertz CT molecular complexity index is 632. The second-order valence-corrected chi connectivity index (χ2v) is 6.18. The SMILES string of the molecule is CCN(c1ccccc1)c1ccnc(C(=O)NC(C)(C)C)c1. The molecular formula is C18H23N3O. The van der Waals surface area contributed by atoms with Gasteiger partial charge >= 0.3 is 0 Å². The van der Waals surface area contributed by atoms with Crippen molar-refractivity contribution in [2.45, 2.75) is 33.2 Å². The number of nitrogens with zero attached hydrogens (tertiary/aromatic N) is 2. The Morgan fingerprint density at radius 1 is 1.14 bits per heavy atom. The van der Waals surface area contributed by atoms with Crippen LogP contribution < -0.4 is 10.2 Å². The molecule has 2 rings (SSSR count). The first-order valence-corrected chi connectivity index (χ1v) is 7.52. The summed E-state index contributed by atoms with van der Waals surface area (Å²) in [5.41, 5.74) is 2.21. The average Bonchev–Trinajstić information content (AvgIpc) is 2.48. The van der Waals surface area contributed by atoms with Crippen LogP contribution in [0.2, 0.25) is 0 Å². The van der Waals surface area contributed by atoms with Gasteiger partial charge in [0.1, 0.15) is 5.69 Å². The first-order valence-electron chi connectivity index (χ1n) is 7.52. The van der Waals surface area contributed by atoms with Gasteiger partial charge in [-0.15, -0.1) is 0 Å². The van der Waals surface area contributed by atoms with Crippen molar-refractivity contribution in [3.05, 3.63) is 54.4 Å². The van der Waals surface area contributed by atoms with Gasteiger partial charge in [-0.2, -0.15) is 0 Å². The predicted octanol–water partition coefficient (Wildman–Crippen LogP) is 3.77. The minimum Gasteiger partial charge on any atom is -0.346 e. The number of nitrogens with one attached hydrogen (secondary N) is 1. The highest BCUT2D eigenvalue weighted by Gasteiger charge is 2.17. The Morgan fingerprint density at radius 3 is 2.41 bits per heavy atom. The lowest BCUT2D eigenvalue weighted by Gasteiger charge is -2.24. The third-order valence-electron chi connectivity index (χ3n) is 3.16. The number of carbonyl (C=O) groups is 1. The molecule has 4 nitrogen and oxygen atoms in total. The normalized spacial score (nSPS) is 11.1. The highest BCUT2D eigenvalue weighted by Crippen LogP contribution is 2.24. The molecule has 0 spiro atoms. The molecule has 1 aromatic carbocycles. The van der Waals surface area contributed by atoms with E-state index in [1.54, 1.807) is 6.20 Å². The summed E-state index contributed by atoms with van der Waals surface area (Å²) >= 11 is 0. The molecule has 0 atom stereocenters. The average molecular weight is 297 g/mol. The highest BCUT2D eigenvalue weighted by molar-refractivity contribution is 5.93. The van der Waals surface area contributed by atoms with E-state index in [9.17, 15) is 4.79 Å². The van der Waals surface area contributed by atoms with Gasteiger partial charge in [0.05, 0.1) is 0 Å². The molecule has 116 valence electrons. The number of aromatic nitrogens is 1. The predicted molar refractivity (Wildman–Crippen MR) is 90.6 cm³/mol. The molecule has 1 N–H and O–H groups in total. The molecule has 0 bridgehead atoms. The van der Waals surface area contributed by atoms with E-state index < -0.39 is 0 Å². The molecule has 4 heteroatoms. The number of anilines is 2. The zero-order chi connectivity index (χ0) is 16.2. The molecule has 2 aromatic rings. The minimum absolute atomic E-state index is 0.154. The lowest BCUT2D eigenvalue weighted by atomic mass is 10.1. The van der Waals surface area contributed by atoms with Crippen LogP contribution in [0.5, 0.6) is 0 Å². The summed E-state index contributed by atoms with van der Waals surface area (Å²) in [4.78, 5) is 18.6. The first-order chi connectivity index (χ1) is 10.4. The van der Waals surface area contributed by atoms with Crippen LogP contribution in [-0.2, 0) is 0 Å². The van der Waals surface area contributed by atoms with Crippen molar-refractivity contribution in [3.8, 4) is 0 Å². The van der Waals surface area contributed by atoms with Crippen LogP contribution in [0, 0.1) is 0 Å². The van der Waals surface area contributed by atoms with Gasteiger partial charge in [0.2, 0.25) is 0 Å². The fourth-order valence-corrected chi connectivity index (χ4v) is 2.24. The Balaban J connectivity index is 2.29. The van der Waals surface area contributed by atoms with E-state index in [0.29, 0.717) is 5.69 Å². The quantitative estimate of drug-likeness (QED) is 0.934. The second-order valence-electron chi connectivity index (χ2n) is 6.18. The first kappa shape index (κ1) is 16.0. The van der Waals surface area contributed by atoms with Gasteiger partial charge in [0, 0.05) is 29.7 Å². The lowest BCUT2D eigenvalue weighted by Crippen LogP contribution is -2.41. The minimum atomic E-state index is -0.279. The molecule has 22 heavy (non-hydrogen) atoms. The van der Waals surface area contributed by atoms with Crippen molar-refractivity contribution in [2.24, 2.45) is 0 Å². The lowest BCUT2D eigenvalue weighted by molar-refractivity contribution is 0.0914. The molecule has 0 saturated carbocycles. The van der Waals surface area contributed by atoms with Crippen LogP contribution in [0.15, 0.2) is 48.7 Å². The number of hydrogen-bond acceptors (Lipinski definition) is 3. The maximum atomic E-state index is 12.3. The monoisotopic (exact) mass is 297 g/mol. The van der Waals surface area contributed by atoms with Gasteiger partial charge in [-0.3, -0.25) is 9.78 Å². The Hall–Kier alpha value is -2.36. The largest absolute Gasteiger partial charge is 0.346 e. The number of benzene rings is 1. The molecular weight excluding hydrogens is 274 g/mol. The third kappa shape index (κ3) is 4.07. The number of para-hydroxylation sites is 1. The van der Waals surface area contributed by atoms with Gasteiger partial charge in [-0.05, 0) is 52.0 Å². The van der Waals surface area contributed by atoms with Crippen LogP contribution in [0.3, 0.4) is 0 Å². The van der Waals surface area contributed by atoms with Crippen LogP contribution in [0.25, 0.3) is 0 Å². The summed E-state index contributed by atoms with van der Waals surface area (Å²) in [6.07, 6.45) is 1.68. The highest BCUT2D eigenvalue weighted by atomic mass is 16.2. The third-order valence-corrected chi connectivity index (χ3v) is 3.16.